The van der Waals surface area contributed by atoms with Crippen LogP contribution in [0.4, 0.5) is 10.6 Å². The van der Waals surface area contributed by atoms with Crippen molar-refractivity contribution < 1.29 is 14.3 Å². The number of hydrogen-bond donors (Lipinski definition) is 1. The van der Waals surface area contributed by atoms with Crippen LogP contribution < -0.4 is 4.90 Å². The Balaban J connectivity index is 1.59. The number of carbonyl (C=O) groups excluding carboxylic acids is 1. The van der Waals surface area contributed by atoms with Crippen molar-refractivity contribution >= 4 is 34.9 Å². The molecule has 0 saturated carbocycles. The number of morpholine rings is 1. The maximum Gasteiger partial charge on any atom is 0.410 e. The van der Waals surface area contributed by atoms with Crippen LogP contribution in [-0.2, 0) is 21.8 Å². The van der Waals surface area contributed by atoms with Crippen molar-refractivity contribution in [3.8, 4) is 11.5 Å². The van der Waals surface area contributed by atoms with Gasteiger partial charge in [0.25, 0.3) is 0 Å². The Morgan fingerprint density at radius 3 is 2.58 bits per heavy atom. The van der Waals surface area contributed by atoms with E-state index in [1.54, 1.807) is 23.9 Å². The zero-order valence-corrected chi connectivity index (χ0v) is 22.7. The first-order chi connectivity index (χ1) is 17.1. The first-order valence-corrected chi connectivity index (χ1v) is 13.0. The highest BCUT2D eigenvalue weighted by Gasteiger charge is 2.21. The lowest BCUT2D eigenvalue weighted by atomic mass is 10.2. The molecule has 194 valence electrons. The molecule has 1 saturated heterocycles. The predicted octanol–water partition coefficient (Wildman–Crippen LogP) is 3.93. The van der Waals surface area contributed by atoms with Gasteiger partial charge in [-0.15, -0.1) is 0 Å². The Hall–Kier alpha value is -2.89. The lowest BCUT2D eigenvalue weighted by molar-refractivity contribution is 0.0283. The van der Waals surface area contributed by atoms with E-state index in [9.17, 15) is 4.79 Å². The average molecular weight is 514 g/mol. The molecule has 0 aromatic carbocycles. The van der Waals surface area contributed by atoms with Gasteiger partial charge in [-0.25, -0.2) is 19.7 Å². The Labute approximate surface area is 216 Å². The molecule has 0 aliphatic carbocycles. The number of hydrogen-bond acceptors (Lipinski definition) is 9. The number of carbonyl (C=O) groups is 1. The van der Waals surface area contributed by atoms with Crippen LogP contribution in [0.5, 0.6) is 0 Å². The minimum Gasteiger partial charge on any atom is -0.444 e. The van der Waals surface area contributed by atoms with Gasteiger partial charge in [0.15, 0.2) is 5.82 Å². The zero-order valence-electron chi connectivity index (χ0n) is 21.9. The van der Waals surface area contributed by atoms with Gasteiger partial charge in [0.1, 0.15) is 17.1 Å². The highest BCUT2D eigenvalue weighted by atomic mass is 32.2. The molecule has 1 aliphatic rings. The van der Waals surface area contributed by atoms with Crippen molar-refractivity contribution in [3.05, 3.63) is 35.7 Å². The second kappa shape index (κ2) is 11.0. The average Bonchev–Trinajstić information content (AvgIpc) is 3.23. The summed E-state index contributed by atoms with van der Waals surface area (Å²) in [6.45, 7) is 8.93. The maximum atomic E-state index is 12.3. The van der Waals surface area contributed by atoms with E-state index in [4.69, 9.17) is 24.4 Å². The van der Waals surface area contributed by atoms with Crippen LogP contribution in [0.25, 0.3) is 22.6 Å². The second-order valence-electron chi connectivity index (χ2n) is 9.99. The van der Waals surface area contributed by atoms with E-state index in [2.05, 4.69) is 20.3 Å². The maximum absolute atomic E-state index is 12.3. The van der Waals surface area contributed by atoms with Crippen LogP contribution in [0, 0.1) is 0 Å². The molecule has 0 unspecified atom stereocenters. The number of aromatic amines is 1. The lowest BCUT2D eigenvalue weighted by Gasteiger charge is -2.28. The molecule has 4 rings (SSSR count). The van der Waals surface area contributed by atoms with E-state index in [-0.39, 0.29) is 6.09 Å². The van der Waals surface area contributed by atoms with Crippen LogP contribution in [0.1, 0.15) is 32.2 Å². The van der Waals surface area contributed by atoms with Crippen molar-refractivity contribution in [1.29, 1.82) is 0 Å². The van der Waals surface area contributed by atoms with E-state index in [1.807, 2.05) is 53.1 Å². The van der Waals surface area contributed by atoms with Crippen LogP contribution in [0.15, 0.2) is 24.3 Å². The normalized spacial score (nSPS) is 14.5. The van der Waals surface area contributed by atoms with Gasteiger partial charge in [0.05, 0.1) is 42.2 Å². The number of nitrogens with one attached hydrogen (secondary N) is 1. The first-order valence-electron chi connectivity index (χ1n) is 12.0. The smallest absolute Gasteiger partial charge is 0.410 e. The molecule has 1 aliphatic heterocycles. The predicted molar refractivity (Wildman–Crippen MR) is 143 cm³/mol. The standard InChI is InChI=1S/C25H35N7O3S/c1-25(2,3)35-24(33)31(6)15-17-13-21-19(26-17)7-8-20(28-21)23-27-18(16-36-30(4)5)14-22(29-23)32-9-11-34-12-10-32/h7-8,13-14,26H,9-12,15-16H2,1-6H3. The molecule has 4 heterocycles. The molecule has 3 aromatic rings. The van der Waals surface area contributed by atoms with Gasteiger partial charge in [-0.1, -0.05) is 11.9 Å². The molecule has 36 heavy (non-hydrogen) atoms. The molecule has 10 nitrogen and oxygen atoms in total. The Morgan fingerprint density at radius 2 is 1.89 bits per heavy atom. The Bertz CT molecular complexity index is 1200. The Kier molecular flexibility index (Phi) is 8.01. The van der Waals surface area contributed by atoms with Crippen molar-refractivity contribution in [3.63, 3.8) is 0 Å². The van der Waals surface area contributed by atoms with Gasteiger partial charge in [-0.2, -0.15) is 0 Å². The van der Waals surface area contributed by atoms with E-state index in [1.165, 1.54) is 0 Å². The summed E-state index contributed by atoms with van der Waals surface area (Å²) in [6, 6.07) is 7.92. The van der Waals surface area contributed by atoms with Crippen molar-refractivity contribution in [2.24, 2.45) is 0 Å². The largest absolute Gasteiger partial charge is 0.444 e. The number of nitrogens with zero attached hydrogens (tertiary/aromatic N) is 6. The van der Waals surface area contributed by atoms with Crippen molar-refractivity contribution in [1.82, 2.24) is 29.1 Å². The molecule has 1 N–H and O–H groups in total. The monoisotopic (exact) mass is 513 g/mol. The van der Waals surface area contributed by atoms with Crippen LogP contribution in [0.3, 0.4) is 0 Å². The van der Waals surface area contributed by atoms with Crippen LogP contribution in [0.2, 0.25) is 0 Å². The third-order valence-electron chi connectivity index (χ3n) is 5.44. The number of pyridine rings is 1. The van der Waals surface area contributed by atoms with Gasteiger partial charge in [-0.05, 0) is 53.1 Å². The first kappa shape index (κ1) is 26.2. The quantitative estimate of drug-likeness (QED) is 0.471. The minimum atomic E-state index is -0.540. The SMILES string of the molecule is CN(C)SCc1cc(N2CCOCC2)nc(-c2ccc3[nH]c(CN(C)C(=O)OC(C)(C)C)cc3n2)n1. The fraction of sp³-hybridized carbons (Fsp3) is 0.520. The second-order valence-corrected chi connectivity index (χ2v) is 11.3. The summed E-state index contributed by atoms with van der Waals surface area (Å²) in [7, 11) is 5.76. The molecule has 0 spiro atoms. The van der Waals surface area contributed by atoms with E-state index >= 15 is 0 Å². The molecule has 1 amide bonds. The number of fused-ring (bicyclic) bond motifs is 1. The third kappa shape index (κ3) is 6.86. The molecule has 11 heteroatoms. The van der Waals surface area contributed by atoms with Gasteiger partial charge in [-0.3, -0.25) is 4.31 Å². The summed E-state index contributed by atoms with van der Waals surface area (Å²) < 4.78 is 13.0. The summed E-state index contributed by atoms with van der Waals surface area (Å²) in [5.74, 6) is 2.24. The molecular formula is C25H35N7O3S. The number of aromatic nitrogens is 4. The molecule has 0 radical (unpaired) electrons. The van der Waals surface area contributed by atoms with E-state index in [0.717, 1.165) is 47.1 Å². The van der Waals surface area contributed by atoms with Crippen LogP contribution >= 0.6 is 11.9 Å². The molecule has 0 bridgehead atoms. The van der Waals surface area contributed by atoms with E-state index in [0.29, 0.717) is 31.3 Å². The molecule has 3 aromatic heterocycles. The fourth-order valence-corrected chi connectivity index (χ4v) is 4.29. The summed E-state index contributed by atoms with van der Waals surface area (Å²) >= 11 is 1.69. The third-order valence-corrected chi connectivity index (χ3v) is 6.39. The number of ether oxygens (including phenoxy) is 2. The fourth-order valence-electron chi connectivity index (χ4n) is 3.76. The summed E-state index contributed by atoms with van der Waals surface area (Å²) in [6.07, 6.45) is -0.369. The van der Waals surface area contributed by atoms with Crippen LogP contribution in [-0.4, -0.2) is 88.3 Å². The number of H-pyrrole nitrogens is 1. The van der Waals surface area contributed by atoms with E-state index < -0.39 is 5.60 Å². The topological polar surface area (TPSA) is 99.7 Å². The van der Waals surface area contributed by atoms with Gasteiger partial charge >= 0.3 is 6.09 Å². The summed E-state index contributed by atoms with van der Waals surface area (Å²) in [5.41, 5.74) is 3.68. The lowest BCUT2D eigenvalue weighted by Crippen LogP contribution is -2.37. The van der Waals surface area contributed by atoms with Gasteiger partial charge in [0.2, 0.25) is 0 Å². The highest BCUT2D eigenvalue weighted by Crippen LogP contribution is 2.25. The number of anilines is 1. The number of rotatable bonds is 7. The van der Waals surface area contributed by atoms with Crippen molar-refractivity contribution in [2.75, 3.05) is 52.3 Å². The van der Waals surface area contributed by atoms with Gasteiger partial charge < -0.3 is 24.3 Å². The molecule has 1 fully saturated rings. The van der Waals surface area contributed by atoms with Crippen molar-refractivity contribution in [2.45, 2.75) is 38.7 Å². The molecule has 0 atom stereocenters. The zero-order chi connectivity index (χ0) is 25.9. The summed E-state index contributed by atoms with van der Waals surface area (Å²) in [4.78, 5) is 34.0. The van der Waals surface area contributed by atoms with Gasteiger partial charge in [0, 0.05) is 31.9 Å². The number of amides is 1. The minimum absolute atomic E-state index is 0.369. The Morgan fingerprint density at radius 1 is 1.14 bits per heavy atom. The highest BCUT2D eigenvalue weighted by molar-refractivity contribution is 7.96. The molecular weight excluding hydrogens is 478 g/mol. The summed E-state index contributed by atoms with van der Waals surface area (Å²) in [5, 5.41) is 0.